The molecule has 0 saturated carbocycles. The second-order valence-corrected chi connectivity index (χ2v) is 6.28. The van der Waals surface area contributed by atoms with E-state index in [9.17, 15) is 5.26 Å². The van der Waals surface area contributed by atoms with Crippen molar-refractivity contribution in [2.45, 2.75) is 26.2 Å². The van der Waals surface area contributed by atoms with Gasteiger partial charge in [-0.2, -0.15) is 5.26 Å². The third-order valence-corrected chi connectivity index (χ3v) is 4.62. The van der Waals surface area contributed by atoms with Crippen LogP contribution < -0.4 is 0 Å². The topological polar surface area (TPSA) is 36.7 Å². The summed E-state index contributed by atoms with van der Waals surface area (Å²) in [5, 5.41) is 10.4. The zero-order valence-corrected chi connectivity index (χ0v) is 13.2. The van der Waals surface area contributed by atoms with E-state index in [1.165, 1.54) is 0 Å². The molecule has 1 aromatic carbocycles. The van der Waals surface area contributed by atoms with Gasteiger partial charge in [-0.3, -0.25) is 0 Å². The van der Waals surface area contributed by atoms with Crippen LogP contribution in [0, 0.1) is 17.2 Å². The van der Waals surface area contributed by atoms with Crippen LogP contribution >= 0.6 is 23.2 Å². The minimum absolute atomic E-state index is 0.278. The van der Waals surface area contributed by atoms with Crippen LogP contribution in [0.1, 0.15) is 30.2 Å². The molecule has 1 heterocycles. The van der Waals surface area contributed by atoms with Crippen molar-refractivity contribution in [1.82, 2.24) is 4.98 Å². The fourth-order valence-electron chi connectivity index (χ4n) is 2.96. The highest BCUT2D eigenvalue weighted by molar-refractivity contribution is 6.34. The van der Waals surface area contributed by atoms with Gasteiger partial charge in [0.2, 0.25) is 0 Å². The third-order valence-electron chi connectivity index (χ3n) is 4.02. The molecule has 0 N–H and O–H groups in total. The number of aryl methyl sites for hydroxylation is 1. The van der Waals surface area contributed by atoms with E-state index in [1.807, 2.05) is 24.3 Å². The smallest absolute Gasteiger partial charge is 0.147 e. The van der Waals surface area contributed by atoms with Crippen molar-refractivity contribution in [1.29, 1.82) is 5.26 Å². The Morgan fingerprint density at radius 1 is 1.29 bits per heavy atom. The lowest BCUT2D eigenvalue weighted by Gasteiger charge is -2.25. The summed E-state index contributed by atoms with van der Waals surface area (Å²) < 4.78 is 0. The summed E-state index contributed by atoms with van der Waals surface area (Å²) in [4.78, 5) is 4.43. The van der Waals surface area contributed by atoms with Gasteiger partial charge >= 0.3 is 0 Å². The number of aromatic nitrogens is 1. The van der Waals surface area contributed by atoms with Crippen LogP contribution in [-0.4, -0.2) is 4.98 Å². The molecule has 0 radical (unpaired) electrons. The van der Waals surface area contributed by atoms with E-state index in [1.54, 1.807) is 0 Å². The first kappa shape index (κ1) is 14.4. The third kappa shape index (κ3) is 2.52. The van der Waals surface area contributed by atoms with Crippen LogP contribution in [0.3, 0.4) is 0 Å². The number of benzene rings is 1. The number of halogens is 2. The van der Waals surface area contributed by atoms with Gasteiger partial charge in [0.1, 0.15) is 11.2 Å². The second kappa shape index (κ2) is 5.67. The molecule has 4 heteroatoms. The molecule has 1 aromatic heterocycles. The predicted octanol–water partition coefficient (Wildman–Crippen LogP) is 5.05. The number of nitrogens with zero attached hydrogens (tertiary/aromatic N) is 2. The summed E-state index contributed by atoms with van der Waals surface area (Å²) in [6, 6.07) is 9.79. The summed E-state index contributed by atoms with van der Waals surface area (Å²) in [6.45, 7) is 2.22. The van der Waals surface area contributed by atoms with Crippen LogP contribution in [0.2, 0.25) is 10.2 Å². The lowest BCUT2D eigenvalue weighted by molar-refractivity contribution is 0.495. The molecule has 21 heavy (non-hydrogen) atoms. The number of fused-ring (bicyclic) bond motifs is 1. The average Bonchev–Trinajstić information content (AvgIpc) is 2.47. The van der Waals surface area contributed by atoms with Crippen LogP contribution in [0.25, 0.3) is 11.1 Å². The summed E-state index contributed by atoms with van der Waals surface area (Å²) in [7, 11) is 0. The SMILES string of the molecule is CC1CCc2nc(Cl)c(C#N)c(-c3ccccc3Cl)c2C1. The predicted molar refractivity (Wildman–Crippen MR) is 85.6 cm³/mol. The largest absolute Gasteiger partial charge is 0.239 e. The van der Waals surface area contributed by atoms with Crippen molar-refractivity contribution in [3.05, 3.63) is 51.3 Å². The summed E-state index contributed by atoms with van der Waals surface area (Å²) in [5.74, 6) is 0.577. The number of rotatable bonds is 1. The highest BCUT2D eigenvalue weighted by atomic mass is 35.5. The van der Waals surface area contributed by atoms with E-state index >= 15 is 0 Å². The number of hydrogen-bond acceptors (Lipinski definition) is 2. The molecule has 0 bridgehead atoms. The molecule has 3 rings (SSSR count). The monoisotopic (exact) mass is 316 g/mol. The standard InChI is InChI=1S/C17H14Cl2N2/c1-10-6-7-15-12(8-10)16(13(9-20)17(19)21-15)11-4-2-3-5-14(11)18/h2-5,10H,6-8H2,1H3. The molecular weight excluding hydrogens is 303 g/mol. The minimum Gasteiger partial charge on any atom is -0.239 e. The molecule has 0 amide bonds. The molecule has 0 fully saturated rings. The first-order chi connectivity index (χ1) is 10.1. The Hall–Kier alpha value is -1.56. The summed E-state index contributed by atoms with van der Waals surface area (Å²) in [6.07, 6.45) is 2.91. The van der Waals surface area contributed by atoms with E-state index in [0.29, 0.717) is 16.5 Å². The highest BCUT2D eigenvalue weighted by Crippen LogP contribution is 2.40. The van der Waals surface area contributed by atoms with Crippen molar-refractivity contribution in [2.24, 2.45) is 5.92 Å². The maximum atomic E-state index is 9.50. The van der Waals surface area contributed by atoms with Gasteiger partial charge in [0.15, 0.2) is 0 Å². The first-order valence-corrected chi connectivity index (χ1v) is 7.73. The average molecular weight is 317 g/mol. The van der Waals surface area contributed by atoms with E-state index in [2.05, 4.69) is 18.0 Å². The van der Waals surface area contributed by atoms with Crippen molar-refractivity contribution in [2.75, 3.05) is 0 Å². The molecule has 2 aromatic rings. The first-order valence-electron chi connectivity index (χ1n) is 6.98. The van der Waals surface area contributed by atoms with E-state index in [4.69, 9.17) is 23.2 Å². The normalized spacial score (nSPS) is 17.1. The molecule has 1 unspecified atom stereocenters. The van der Waals surface area contributed by atoms with Gasteiger partial charge < -0.3 is 0 Å². The highest BCUT2D eigenvalue weighted by Gasteiger charge is 2.25. The molecule has 1 aliphatic rings. The zero-order valence-electron chi connectivity index (χ0n) is 11.7. The summed E-state index contributed by atoms with van der Waals surface area (Å²) >= 11 is 12.6. The Morgan fingerprint density at radius 3 is 2.76 bits per heavy atom. The Bertz CT molecular complexity index is 747. The van der Waals surface area contributed by atoms with Crippen LogP contribution in [0.4, 0.5) is 0 Å². The van der Waals surface area contributed by atoms with Gasteiger partial charge in [0, 0.05) is 21.8 Å². The lowest BCUT2D eigenvalue weighted by Crippen LogP contribution is -2.15. The van der Waals surface area contributed by atoms with Gasteiger partial charge in [-0.15, -0.1) is 0 Å². The molecule has 1 aliphatic carbocycles. The second-order valence-electron chi connectivity index (χ2n) is 5.52. The lowest BCUT2D eigenvalue weighted by atomic mass is 9.82. The van der Waals surface area contributed by atoms with Crippen molar-refractivity contribution in [3.63, 3.8) is 0 Å². The van der Waals surface area contributed by atoms with Crippen molar-refractivity contribution < 1.29 is 0 Å². The Labute approximate surface area is 134 Å². The maximum absolute atomic E-state index is 9.50. The van der Waals surface area contributed by atoms with E-state index in [0.717, 1.165) is 41.6 Å². The number of hydrogen-bond donors (Lipinski definition) is 0. The molecule has 0 saturated heterocycles. The fourth-order valence-corrected chi connectivity index (χ4v) is 3.43. The Kier molecular flexibility index (Phi) is 3.89. The van der Waals surface area contributed by atoms with Crippen LogP contribution in [0.5, 0.6) is 0 Å². The van der Waals surface area contributed by atoms with Gasteiger partial charge in [-0.1, -0.05) is 48.3 Å². The quantitative estimate of drug-likeness (QED) is 0.690. The zero-order chi connectivity index (χ0) is 15.0. The molecular formula is C17H14Cl2N2. The van der Waals surface area contributed by atoms with E-state index < -0.39 is 0 Å². The van der Waals surface area contributed by atoms with Gasteiger partial charge in [0.05, 0.1) is 5.56 Å². The molecule has 0 spiro atoms. The van der Waals surface area contributed by atoms with Crippen LogP contribution in [-0.2, 0) is 12.8 Å². The number of pyridine rings is 1. The fraction of sp³-hybridized carbons (Fsp3) is 0.294. The summed E-state index contributed by atoms with van der Waals surface area (Å²) in [5.41, 5.74) is 4.29. The Morgan fingerprint density at radius 2 is 2.05 bits per heavy atom. The maximum Gasteiger partial charge on any atom is 0.147 e. The van der Waals surface area contributed by atoms with Gasteiger partial charge in [0.25, 0.3) is 0 Å². The van der Waals surface area contributed by atoms with Gasteiger partial charge in [-0.05, 0) is 36.8 Å². The molecule has 106 valence electrons. The van der Waals surface area contributed by atoms with E-state index in [-0.39, 0.29) is 5.15 Å². The van der Waals surface area contributed by atoms with Gasteiger partial charge in [-0.25, -0.2) is 4.98 Å². The molecule has 1 atom stereocenters. The molecule has 2 nitrogen and oxygen atoms in total. The minimum atomic E-state index is 0.278. The van der Waals surface area contributed by atoms with Crippen LogP contribution in [0.15, 0.2) is 24.3 Å². The van der Waals surface area contributed by atoms with Crippen molar-refractivity contribution >= 4 is 23.2 Å². The molecule has 0 aliphatic heterocycles. The Balaban J connectivity index is 2.35. The number of nitriles is 1. The van der Waals surface area contributed by atoms with Crippen molar-refractivity contribution in [3.8, 4) is 17.2 Å².